The maximum atomic E-state index is 12.1. The van der Waals surface area contributed by atoms with Crippen LogP contribution in [-0.4, -0.2) is 20.5 Å². The molecule has 6 heteroatoms. The average molecular weight is 309 g/mol. The molecular formula is C12H13BrN4O. The largest absolute Gasteiger partial charge is 0.397 e. The van der Waals surface area contributed by atoms with Gasteiger partial charge in [-0.3, -0.25) is 14.5 Å². The van der Waals surface area contributed by atoms with Gasteiger partial charge >= 0.3 is 0 Å². The molecule has 0 spiro atoms. The zero-order valence-corrected chi connectivity index (χ0v) is 11.7. The van der Waals surface area contributed by atoms with Crippen LogP contribution in [0, 0.1) is 6.92 Å². The Balaban J connectivity index is 2.24. The Labute approximate surface area is 113 Å². The van der Waals surface area contributed by atoms with Gasteiger partial charge in [0, 0.05) is 7.05 Å². The van der Waals surface area contributed by atoms with Crippen LogP contribution in [0.2, 0.25) is 0 Å². The molecule has 0 unspecified atom stereocenters. The smallest absolute Gasteiger partial charge is 0.187 e. The van der Waals surface area contributed by atoms with Gasteiger partial charge in [-0.25, -0.2) is 0 Å². The molecule has 2 aromatic rings. The number of carbonyl (C=O) groups is 1. The molecule has 0 fully saturated rings. The number of nitrogens with zero attached hydrogens (tertiary/aromatic N) is 3. The third kappa shape index (κ3) is 2.43. The number of halogens is 1. The molecule has 2 rings (SSSR count). The minimum atomic E-state index is -0.0568. The van der Waals surface area contributed by atoms with Crippen molar-refractivity contribution in [2.45, 2.75) is 13.3 Å². The number of aryl methyl sites for hydroxylation is 2. The molecule has 94 valence electrons. The number of pyridine rings is 1. The number of nitrogen functional groups attached to an aromatic ring is 1. The second-order valence-electron chi connectivity index (χ2n) is 4.05. The lowest BCUT2D eigenvalue weighted by Gasteiger charge is -2.02. The van der Waals surface area contributed by atoms with Crippen LogP contribution in [0.4, 0.5) is 5.69 Å². The Hall–Kier alpha value is -1.69. The number of hydrogen-bond donors (Lipinski definition) is 1. The van der Waals surface area contributed by atoms with E-state index in [2.05, 4.69) is 26.0 Å². The molecule has 0 saturated carbocycles. The molecule has 0 bridgehead atoms. The van der Waals surface area contributed by atoms with Crippen LogP contribution in [0.25, 0.3) is 0 Å². The predicted octanol–water partition coefficient (Wildman–Crippen LogP) is 1.89. The van der Waals surface area contributed by atoms with Gasteiger partial charge in [-0.15, -0.1) is 0 Å². The van der Waals surface area contributed by atoms with E-state index in [-0.39, 0.29) is 12.2 Å². The summed E-state index contributed by atoms with van der Waals surface area (Å²) in [6, 6.07) is 3.30. The summed E-state index contributed by atoms with van der Waals surface area (Å²) in [7, 11) is 1.82. The van der Waals surface area contributed by atoms with E-state index in [1.807, 2.05) is 14.0 Å². The Kier molecular flexibility index (Phi) is 3.47. The molecule has 0 radical (unpaired) electrons. The summed E-state index contributed by atoms with van der Waals surface area (Å²) in [6.07, 6.45) is 1.74. The zero-order chi connectivity index (χ0) is 13.3. The third-order valence-corrected chi connectivity index (χ3v) is 3.69. The predicted molar refractivity (Wildman–Crippen MR) is 72.3 cm³/mol. The van der Waals surface area contributed by atoms with Crippen molar-refractivity contribution in [1.29, 1.82) is 0 Å². The van der Waals surface area contributed by atoms with Gasteiger partial charge in [-0.2, -0.15) is 5.10 Å². The molecule has 0 amide bonds. The van der Waals surface area contributed by atoms with Gasteiger partial charge in [-0.1, -0.05) is 0 Å². The molecular weight excluding hydrogens is 296 g/mol. The molecule has 0 aliphatic rings. The monoisotopic (exact) mass is 308 g/mol. The van der Waals surface area contributed by atoms with Crippen LogP contribution in [0.3, 0.4) is 0 Å². The Bertz CT molecular complexity index is 589. The van der Waals surface area contributed by atoms with Crippen molar-refractivity contribution in [3.8, 4) is 0 Å². The molecule has 2 heterocycles. The Morgan fingerprint density at radius 2 is 2.22 bits per heavy atom. The van der Waals surface area contributed by atoms with Crippen LogP contribution < -0.4 is 5.73 Å². The van der Waals surface area contributed by atoms with E-state index in [9.17, 15) is 4.79 Å². The summed E-state index contributed by atoms with van der Waals surface area (Å²) in [4.78, 5) is 16.1. The van der Waals surface area contributed by atoms with Crippen molar-refractivity contribution in [3.63, 3.8) is 0 Å². The normalized spacial score (nSPS) is 10.6. The van der Waals surface area contributed by atoms with Gasteiger partial charge in [0.15, 0.2) is 5.78 Å². The highest BCUT2D eigenvalue weighted by atomic mass is 79.9. The molecule has 18 heavy (non-hydrogen) atoms. The summed E-state index contributed by atoms with van der Waals surface area (Å²) in [5.74, 6) is -0.0568. The fourth-order valence-electron chi connectivity index (χ4n) is 1.69. The molecule has 0 aromatic carbocycles. The van der Waals surface area contributed by atoms with Crippen molar-refractivity contribution < 1.29 is 4.79 Å². The lowest BCUT2D eigenvalue weighted by molar-refractivity contribution is 0.0986. The van der Waals surface area contributed by atoms with E-state index in [1.165, 1.54) is 6.20 Å². The minimum absolute atomic E-state index is 0.0568. The molecule has 5 nitrogen and oxygen atoms in total. The SMILES string of the molecule is Cc1nn(C)c(CC(=O)c2ccc(N)cn2)c1Br. The highest BCUT2D eigenvalue weighted by Gasteiger charge is 2.16. The number of Topliss-reactive ketones (excluding diaryl/α,β-unsaturated/α-hetero) is 1. The van der Waals surface area contributed by atoms with Gasteiger partial charge < -0.3 is 5.73 Å². The molecule has 0 aliphatic heterocycles. The minimum Gasteiger partial charge on any atom is -0.397 e. The zero-order valence-electron chi connectivity index (χ0n) is 10.1. The van der Waals surface area contributed by atoms with Crippen LogP contribution in [0.5, 0.6) is 0 Å². The molecule has 2 aromatic heterocycles. The Morgan fingerprint density at radius 3 is 2.72 bits per heavy atom. The number of hydrogen-bond acceptors (Lipinski definition) is 4. The number of rotatable bonds is 3. The summed E-state index contributed by atoms with van der Waals surface area (Å²) in [5, 5.41) is 4.25. The number of ketones is 1. The third-order valence-electron chi connectivity index (χ3n) is 2.66. The number of carbonyl (C=O) groups excluding carboxylic acids is 1. The van der Waals surface area contributed by atoms with E-state index in [0.29, 0.717) is 11.4 Å². The number of aromatic nitrogens is 3. The van der Waals surface area contributed by atoms with Gasteiger partial charge in [0.25, 0.3) is 0 Å². The molecule has 2 N–H and O–H groups in total. The van der Waals surface area contributed by atoms with E-state index in [4.69, 9.17) is 5.73 Å². The lowest BCUT2D eigenvalue weighted by atomic mass is 10.1. The van der Waals surface area contributed by atoms with Crippen LogP contribution in [-0.2, 0) is 13.5 Å². The van der Waals surface area contributed by atoms with E-state index in [1.54, 1.807) is 16.8 Å². The van der Waals surface area contributed by atoms with Gasteiger partial charge in [0.1, 0.15) is 5.69 Å². The first-order valence-electron chi connectivity index (χ1n) is 5.41. The maximum Gasteiger partial charge on any atom is 0.187 e. The first-order valence-corrected chi connectivity index (χ1v) is 6.21. The van der Waals surface area contributed by atoms with Crippen LogP contribution in [0.15, 0.2) is 22.8 Å². The van der Waals surface area contributed by atoms with E-state index >= 15 is 0 Å². The summed E-state index contributed by atoms with van der Waals surface area (Å²) in [6.45, 7) is 1.89. The molecule has 0 aliphatic carbocycles. The highest BCUT2D eigenvalue weighted by Crippen LogP contribution is 2.21. The maximum absolute atomic E-state index is 12.1. The number of anilines is 1. The second-order valence-corrected chi connectivity index (χ2v) is 4.84. The van der Waals surface area contributed by atoms with Crippen molar-refractivity contribution >= 4 is 27.4 Å². The standard InChI is InChI=1S/C12H13BrN4O/c1-7-12(13)10(17(2)16-7)5-11(18)9-4-3-8(14)6-15-9/h3-4,6H,5,14H2,1-2H3. The average Bonchev–Trinajstić information content (AvgIpc) is 2.57. The lowest BCUT2D eigenvalue weighted by Crippen LogP contribution is -2.10. The van der Waals surface area contributed by atoms with E-state index < -0.39 is 0 Å². The fraction of sp³-hybridized carbons (Fsp3) is 0.250. The fourth-order valence-corrected chi connectivity index (χ4v) is 2.16. The second kappa shape index (κ2) is 4.89. The first-order chi connectivity index (χ1) is 8.49. The summed E-state index contributed by atoms with van der Waals surface area (Å²) in [5.41, 5.74) is 8.20. The van der Waals surface area contributed by atoms with Crippen LogP contribution in [0.1, 0.15) is 21.9 Å². The highest BCUT2D eigenvalue weighted by molar-refractivity contribution is 9.10. The van der Waals surface area contributed by atoms with Gasteiger partial charge in [-0.05, 0) is 35.0 Å². The summed E-state index contributed by atoms with van der Waals surface area (Å²) < 4.78 is 2.57. The topological polar surface area (TPSA) is 73.8 Å². The van der Waals surface area contributed by atoms with Gasteiger partial charge in [0.2, 0.25) is 0 Å². The molecule has 0 atom stereocenters. The van der Waals surface area contributed by atoms with Crippen molar-refractivity contribution in [1.82, 2.24) is 14.8 Å². The van der Waals surface area contributed by atoms with Crippen molar-refractivity contribution in [3.05, 3.63) is 39.9 Å². The summed E-state index contributed by atoms with van der Waals surface area (Å²) >= 11 is 3.44. The number of nitrogens with two attached hydrogens (primary N) is 1. The van der Waals surface area contributed by atoms with Crippen LogP contribution >= 0.6 is 15.9 Å². The van der Waals surface area contributed by atoms with Gasteiger partial charge in [0.05, 0.1) is 34.2 Å². The quantitative estimate of drug-likeness (QED) is 0.879. The van der Waals surface area contributed by atoms with E-state index in [0.717, 1.165) is 15.9 Å². The Morgan fingerprint density at radius 1 is 1.50 bits per heavy atom. The first kappa shape index (κ1) is 12.8. The molecule has 0 saturated heterocycles. The van der Waals surface area contributed by atoms with Crippen molar-refractivity contribution in [2.75, 3.05) is 5.73 Å². The van der Waals surface area contributed by atoms with Crippen molar-refractivity contribution in [2.24, 2.45) is 7.05 Å².